The largest absolute Gasteiger partial charge is 0.293 e. The fourth-order valence-electron chi connectivity index (χ4n) is 2.19. The van der Waals surface area contributed by atoms with Crippen molar-refractivity contribution in [3.8, 4) is 11.3 Å². The maximum atomic E-state index is 12.2. The monoisotopic (exact) mass is 429 g/mol. The minimum absolute atomic E-state index is 0.0977. The van der Waals surface area contributed by atoms with Gasteiger partial charge in [0.25, 0.3) is 5.69 Å². The summed E-state index contributed by atoms with van der Waals surface area (Å²) in [6.07, 6.45) is 0. The molecule has 1 heterocycles. The van der Waals surface area contributed by atoms with E-state index in [4.69, 9.17) is 0 Å². The molecule has 3 aromatic rings. The van der Waals surface area contributed by atoms with Crippen molar-refractivity contribution < 1.29 is 9.72 Å². The Morgan fingerprint density at radius 3 is 2.50 bits per heavy atom. The topological polar surface area (TPSA) is 86.0 Å². The van der Waals surface area contributed by atoms with Crippen LogP contribution < -0.4 is 0 Å². The molecule has 0 bridgehead atoms. The Balaban J connectivity index is 1.64. The molecule has 0 amide bonds. The van der Waals surface area contributed by atoms with Gasteiger partial charge in [0, 0.05) is 27.7 Å². The van der Waals surface area contributed by atoms with E-state index in [1.165, 1.54) is 30.0 Å². The minimum Gasteiger partial charge on any atom is -0.293 e. The Hall–Kier alpha value is -2.58. The second kappa shape index (κ2) is 8.20. The van der Waals surface area contributed by atoms with Crippen LogP contribution in [0.5, 0.6) is 0 Å². The predicted octanol–water partition coefficient (Wildman–Crippen LogP) is 4.79. The van der Waals surface area contributed by atoms with Gasteiger partial charge in [0.2, 0.25) is 0 Å². The summed E-state index contributed by atoms with van der Waals surface area (Å²) in [5, 5.41) is 19.7. The van der Waals surface area contributed by atoms with E-state index in [1.807, 2.05) is 30.3 Å². The van der Waals surface area contributed by atoms with Gasteiger partial charge in [-0.05, 0) is 24.3 Å². The molecule has 0 saturated carbocycles. The van der Waals surface area contributed by atoms with Crippen LogP contribution in [0, 0.1) is 10.1 Å². The molecule has 0 spiro atoms. The smallest absolute Gasteiger partial charge is 0.270 e. The number of aromatic nitrogens is 2. The molecule has 0 N–H and O–H groups in total. The molecule has 26 heavy (non-hydrogen) atoms. The second-order valence-electron chi connectivity index (χ2n) is 5.28. The standard InChI is InChI=1S/C18H12BrN3O3S/c19-14-6-4-12(5-7-14)16-8-9-18(21-20-16)26-11-17(23)13-2-1-3-15(10-13)22(24)25/h1-10H,11H2. The fraction of sp³-hybridized carbons (Fsp3) is 0.0556. The molecule has 0 saturated heterocycles. The van der Waals surface area contributed by atoms with Crippen LogP contribution in [0.25, 0.3) is 11.3 Å². The lowest BCUT2D eigenvalue weighted by atomic mass is 10.1. The quantitative estimate of drug-likeness (QED) is 0.242. The van der Waals surface area contributed by atoms with E-state index in [-0.39, 0.29) is 17.2 Å². The molecule has 0 fully saturated rings. The Morgan fingerprint density at radius 2 is 1.85 bits per heavy atom. The number of rotatable bonds is 6. The maximum Gasteiger partial charge on any atom is 0.270 e. The van der Waals surface area contributed by atoms with E-state index in [1.54, 1.807) is 12.1 Å². The molecule has 0 aliphatic rings. The number of nitrogens with zero attached hydrogens (tertiary/aromatic N) is 3. The minimum atomic E-state index is -0.518. The van der Waals surface area contributed by atoms with Gasteiger partial charge in [-0.3, -0.25) is 14.9 Å². The summed E-state index contributed by atoms with van der Waals surface area (Å²) in [6, 6.07) is 17.1. The van der Waals surface area contributed by atoms with Crippen LogP contribution in [0.4, 0.5) is 5.69 Å². The molecule has 8 heteroatoms. The van der Waals surface area contributed by atoms with E-state index < -0.39 is 4.92 Å². The van der Waals surface area contributed by atoms with Crippen LogP contribution in [0.1, 0.15) is 10.4 Å². The summed E-state index contributed by atoms with van der Waals surface area (Å²) < 4.78 is 0.987. The second-order valence-corrected chi connectivity index (χ2v) is 7.19. The van der Waals surface area contributed by atoms with Crippen molar-refractivity contribution in [1.82, 2.24) is 10.2 Å². The summed E-state index contributed by atoms with van der Waals surface area (Å²) in [4.78, 5) is 22.5. The molecule has 0 aliphatic heterocycles. The average molecular weight is 430 g/mol. The number of ketones is 1. The van der Waals surface area contributed by atoms with Gasteiger partial charge in [0.05, 0.1) is 16.4 Å². The number of nitro benzene ring substituents is 1. The molecular formula is C18H12BrN3O3S. The number of non-ortho nitro benzene ring substituents is 1. The zero-order chi connectivity index (χ0) is 18.5. The molecule has 3 rings (SSSR count). The number of carbonyl (C=O) groups excluding carboxylic acids is 1. The molecule has 2 aromatic carbocycles. The van der Waals surface area contributed by atoms with Gasteiger partial charge in [-0.15, -0.1) is 10.2 Å². The Kier molecular flexibility index (Phi) is 5.75. The Morgan fingerprint density at radius 1 is 1.08 bits per heavy atom. The van der Waals surface area contributed by atoms with Gasteiger partial charge in [-0.25, -0.2) is 0 Å². The van der Waals surface area contributed by atoms with E-state index in [0.29, 0.717) is 10.6 Å². The summed E-state index contributed by atoms with van der Waals surface area (Å²) in [5.74, 6) is -0.0644. The summed E-state index contributed by atoms with van der Waals surface area (Å²) in [5.41, 5.74) is 1.91. The van der Waals surface area contributed by atoms with E-state index in [9.17, 15) is 14.9 Å². The number of carbonyl (C=O) groups is 1. The van der Waals surface area contributed by atoms with Crippen LogP contribution in [0.15, 0.2) is 70.2 Å². The first-order valence-corrected chi connectivity index (χ1v) is 9.31. The lowest BCUT2D eigenvalue weighted by Crippen LogP contribution is -2.03. The highest BCUT2D eigenvalue weighted by Crippen LogP contribution is 2.22. The molecule has 0 unspecified atom stereocenters. The first-order valence-electron chi connectivity index (χ1n) is 7.53. The third-order valence-electron chi connectivity index (χ3n) is 3.51. The lowest BCUT2D eigenvalue weighted by molar-refractivity contribution is -0.384. The zero-order valence-corrected chi connectivity index (χ0v) is 15.7. The number of hydrogen-bond acceptors (Lipinski definition) is 6. The highest BCUT2D eigenvalue weighted by Gasteiger charge is 2.12. The summed E-state index contributed by atoms with van der Waals surface area (Å²) in [6.45, 7) is 0. The van der Waals surface area contributed by atoms with Gasteiger partial charge < -0.3 is 0 Å². The number of thioether (sulfide) groups is 1. The van der Waals surface area contributed by atoms with Crippen molar-refractivity contribution in [1.29, 1.82) is 0 Å². The third-order valence-corrected chi connectivity index (χ3v) is 4.96. The van der Waals surface area contributed by atoms with Crippen LogP contribution in [-0.4, -0.2) is 26.7 Å². The predicted molar refractivity (Wildman–Crippen MR) is 103 cm³/mol. The number of Topliss-reactive ketones (excluding diaryl/α,β-unsaturated/α-hetero) is 1. The Bertz CT molecular complexity index is 947. The molecular weight excluding hydrogens is 418 g/mol. The Labute approximate surface area is 161 Å². The van der Waals surface area contributed by atoms with E-state index >= 15 is 0 Å². The highest BCUT2D eigenvalue weighted by molar-refractivity contribution is 9.10. The van der Waals surface area contributed by atoms with Gasteiger partial charge in [0.15, 0.2) is 5.78 Å². The van der Waals surface area contributed by atoms with Crippen molar-refractivity contribution >= 4 is 39.2 Å². The molecule has 0 aliphatic carbocycles. The molecule has 1 aromatic heterocycles. The fourth-order valence-corrected chi connectivity index (χ4v) is 3.16. The van der Waals surface area contributed by atoms with Gasteiger partial charge in [-0.2, -0.15) is 0 Å². The van der Waals surface area contributed by atoms with E-state index in [0.717, 1.165) is 15.7 Å². The first kappa shape index (κ1) is 18.2. The first-order chi connectivity index (χ1) is 12.5. The third kappa shape index (κ3) is 4.53. The number of benzene rings is 2. The molecule has 0 atom stereocenters. The van der Waals surface area contributed by atoms with Crippen LogP contribution >= 0.6 is 27.7 Å². The van der Waals surface area contributed by atoms with Crippen LogP contribution in [0.2, 0.25) is 0 Å². The van der Waals surface area contributed by atoms with Gasteiger partial charge >= 0.3 is 0 Å². The normalized spacial score (nSPS) is 10.5. The highest BCUT2D eigenvalue weighted by atomic mass is 79.9. The van der Waals surface area contributed by atoms with Crippen molar-refractivity contribution in [2.24, 2.45) is 0 Å². The number of hydrogen-bond donors (Lipinski definition) is 0. The summed E-state index contributed by atoms with van der Waals surface area (Å²) in [7, 11) is 0. The lowest BCUT2D eigenvalue weighted by Gasteiger charge is -2.03. The van der Waals surface area contributed by atoms with Gasteiger partial charge in [-0.1, -0.05) is 52.0 Å². The molecule has 6 nitrogen and oxygen atoms in total. The zero-order valence-electron chi connectivity index (χ0n) is 13.3. The number of halogens is 1. The van der Waals surface area contributed by atoms with E-state index in [2.05, 4.69) is 26.1 Å². The summed E-state index contributed by atoms with van der Waals surface area (Å²) >= 11 is 4.63. The number of nitro groups is 1. The average Bonchev–Trinajstić information content (AvgIpc) is 2.67. The van der Waals surface area contributed by atoms with Crippen molar-refractivity contribution in [2.75, 3.05) is 5.75 Å². The van der Waals surface area contributed by atoms with Gasteiger partial charge in [0.1, 0.15) is 5.03 Å². The van der Waals surface area contributed by atoms with Crippen molar-refractivity contribution in [3.05, 3.63) is 80.8 Å². The molecule has 0 radical (unpaired) electrons. The SMILES string of the molecule is O=C(CSc1ccc(-c2ccc(Br)cc2)nn1)c1cccc([N+](=O)[O-])c1. The maximum absolute atomic E-state index is 12.2. The van der Waals surface area contributed by atoms with Crippen molar-refractivity contribution in [3.63, 3.8) is 0 Å². The van der Waals surface area contributed by atoms with Crippen LogP contribution in [0.3, 0.4) is 0 Å². The van der Waals surface area contributed by atoms with Crippen molar-refractivity contribution in [2.45, 2.75) is 5.03 Å². The molecule has 130 valence electrons. The van der Waals surface area contributed by atoms with Crippen LogP contribution in [-0.2, 0) is 0 Å².